The van der Waals surface area contributed by atoms with Gasteiger partial charge >= 0.3 is 0 Å². The van der Waals surface area contributed by atoms with Gasteiger partial charge in [0.15, 0.2) is 0 Å². The first kappa shape index (κ1) is 9.89. The molecular weight excluding hydrogens is 129 g/mol. The van der Waals surface area contributed by atoms with Crippen LogP contribution in [0.1, 0.15) is 27.2 Å². The number of rotatable bonds is 4. The number of halogens is 1. The molecule has 0 aliphatic rings. The van der Waals surface area contributed by atoms with Gasteiger partial charge in [0.2, 0.25) is 0 Å². The lowest BCUT2D eigenvalue weighted by molar-refractivity contribution is 0.170. The first-order valence-electron chi connectivity index (χ1n) is 3.97. The van der Waals surface area contributed by atoms with Crippen LogP contribution >= 0.6 is 0 Å². The Bertz CT molecular complexity index is 75.3. The Morgan fingerprint density at radius 1 is 1.30 bits per heavy atom. The fourth-order valence-electron chi connectivity index (χ4n) is 0.916. The molecule has 0 rings (SSSR count). The maximum absolute atomic E-state index is 13.1. The minimum absolute atomic E-state index is 0.00921. The summed E-state index contributed by atoms with van der Waals surface area (Å²) in [6.45, 7) is 6.24. The molecule has 1 nitrogen and oxygen atoms in total. The third-order valence-corrected chi connectivity index (χ3v) is 2.10. The summed E-state index contributed by atoms with van der Waals surface area (Å²) in [5.41, 5.74) is 5.33. The van der Waals surface area contributed by atoms with Gasteiger partial charge in [-0.1, -0.05) is 27.2 Å². The van der Waals surface area contributed by atoms with Crippen LogP contribution in [0.15, 0.2) is 0 Å². The zero-order valence-corrected chi connectivity index (χ0v) is 7.10. The van der Waals surface area contributed by atoms with Crippen molar-refractivity contribution in [2.24, 2.45) is 17.6 Å². The first-order valence-corrected chi connectivity index (χ1v) is 3.97. The third-order valence-electron chi connectivity index (χ3n) is 2.10. The predicted octanol–water partition coefficient (Wildman–Crippen LogP) is 1.97. The van der Waals surface area contributed by atoms with E-state index in [1.165, 1.54) is 0 Å². The van der Waals surface area contributed by atoms with Gasteiger partial charge in [0.05, 0.1) is 0 Å². The molecule has 0 aromatic heterocycles. The zero-order chi connectivity index (χ0) is 8.15. The molecule has 0 saturated heterocycles. The highest BCUT2D eigenvalue weighted by Crippen LogP contribution is 2.18. The van der Waals surface area contributed by atoms with Crippen LogP contribution in [0.2, 0.25) is 0 Å². The smallest absolute Gasteiger partial charge is 0.106 e. The summed E-state index contributed by atoms with van der Waals surface area (Å²) in [4.78, 5) is 0. The minimum Gasteiger partial charge on any atom is -0.330 e. The molecule has 0 heterocycles. The van der Waals surface area contributed by atoms with E-state index in [0.29, 0.717) is 6.54 Å². The maximum Gasteiger partial charge on any atom is 0.106 e. The van der Waals surface area contributed by atoms with Crippen molar-refractivity contribution in [2.75, 3.05) is 6.54 Å². The van der Waals surface area contributed by atoms with Crippen LogP contribution < -0.4 is 5.73 Å². The van der Waals surface area contributed by atoms with E-state index < -0.39 is 6.17 Å². The summed E-state index contributed by atoms with van der Waals surface area (Å²) >= 11 is 0. The molecule has 0 aliphatic heterocycles. The van der Waals surface area contributed by atoms with Crippen molar-refractivity contribution in [3.63, 3.8) is 0 Å². The largest absolute Gasteiger partial charge is 0.330 e. The van der Waals surface area contributed by atoms with E-state index in [1.807, 2.05) is 20.8 Å². The molecular formula is C8H18FN. The van der Waals surface area contributed by atoms with Crippen molar-refractivity contribution >= 4 is 0 Å². The second kappa shape index (κ2) is 4.67. The molecule has 3 unspecified atom stereocenters. The van der Waals surface area contributed by atoms with E-state index in [9.17, 15) is 4.39 Å². The van der Waals surface area contributed by atoms with Gasteiger partial charge in [-0.2, -0.15) is 0 Å². The summed E-state index contributed by atoms with van der Waals surface area (Å²) in [7, 11) is 0. The summed E-state index contributed by atoms with van der Waals surface area (Å²) < 4.78 is 13.1. The summed E-state index contributed by atoms with van der Waals surface area (Å²) in [6, 6.07) is 0. The molecule has 0 radical (unpaired) electrons. The summed E-state index contributed by atoms with van der Waals surface area (Å²) in [5, 5.41) is 0. The standard InChI is InChI=1S/C8H18FN/c1-4-6(2)8(9)7(3)5-10/h6-8H,4-5,10H2,1-3H3. The van der Waals surface area contributed by atoms with Crippen LogP contribution in [-0.4, -0.2) is 12.7 Å². The second-order valence-electron chi connectivity index (χ2n) is 3.04. The van der Waals surface area contributed by atoms with Crippen LogP contribution in [-0.2, 0) is 0 Å². The molecule has 2 heteroatoms. The molecule has 2 N–H and O–H groups in total. The van der Waals surface area contributed by atoms with Gasteiger partial charge in [0.25, 0.3) is 0 Å². The van der Waals surface area contributed by atoms with Gasteiger partial charge in [-0.05, 0) is 18.4 Å². The van der Waals surface area contributed by atoms with Gasteiger partial charge < -0.3 is 5.73 Å². The van der Waals surface area contributed by atoms with Crippen LogP contribution in [0.25, 0.3) is 0 Å². The van der Waals surface area contributed by atoms with E-state index in [-0.39, 0.29) is 11.8 Å². The predicted molar refractivity (Wildman–Crippen MR) is 42.6 cm³/mol. The average molecular weight is 147 g/mol. The van der Waals surface area contributed by atoms with E-state index in [2.05, 4.69) is 0 Å². The number of hydrogen-bond donors (Lipinski definition) is 1. The van der Waals surface area contributed by atoms with E-state index in [4.69, 9.17) is 5.73 Å². The lowest BCUT2D eigenvalue weighted by Gasteiger charge is -2.19. The molecule has 62 valence electrons. The average Bonchev–Trinajstić information content (AvgIpc) is 2.00. The van der Waals surface area contributed by atoms with Gasteiger partial charge in [-0.15, -0.1) is 0 Å². The van der Waals surface area contributed by atoms with Gasteiger partial charge in [-0.25, -0.2) is 4.39 Å². The van der Waals surface area contributed by atoms with Crippen molar-refractivity contribution in [1.82, 2.24) is 0 Å². The fraction of sp³-hybridized carbons (Fsp3) is 1.00. The van der Waals surface area contributed by atoms with Crippen LogP contribution in [0.3, 0.4) is 0 Å². The molecule has 0 fully saturated rings. The first-order chi connectivity index (χ1) is 4.63. The van der Waals surface area contributed by atoms with E-state index in [1.54, 1.807) is 0 Å². The van der Waals surface area contributed by atoms with Crippen molar-refractivity contribution < 1.29 is 4.39 Å². The number of hydrogen-bond acceptors (Lipinski definition) is 1. The Kier molecular flexibility index (Phi) is 4.62. The maximum atomic E-state index is 13.1. The highest BCUT2D eigenvalue weighted by molar-refractivity contribution is 4.70. The highest BCUT2D eigenvalue weighted by Gasteiger charge is 2.19. The molecule has 10 heavy (non-hydrogen) atoms. The lowest BCUT2D eigenvalue weighted by Crippen LogP contribution is -2.26. The quantitative estimate of drug-likeness (QED) is 0.646. The Morgan fingerprint density at radius 2 is 1.80 bits per heavy atom. The van der Waals surface area contributed by atoms with Crippen LogP contribution in [0.5, 0.6) is 0 Å². The Morgan fingerprint density at radius 3 is 2.10 bits per heavy atom. The molecule has 0 amide bonds. The Hall–Kier alpha value is -0.110. The third kappa shape index (κ3) is 2.65. The summed E-state index contributed by atoms with van der Waals surface area (Å²) in [5.74, 6) is 0.161. The number of alkyl halides is 1. The van der Waals surface area contributed by atoms with Crippen LogP contribution in [0.4, 0.5) is 4.39 Å². The Balaban J connectivity index is 3.69. The van der Waals surface area contributed by atoms with Crippen molar-refractivity contribution in [2.45, 2.75) is 33.4 Å². The van der Waals surface area contributed by atoms with E-state index >= 15 is 0 Å². The molecule has 0 spiro atoms. The fourth-order valence-corrected chi connectivity index (χ4v) is 0.916. The normalized spacial score (nSPS) is 20.1. The topological polar surface area (TPSA) is 26.0 Å². The highest BCUT2D eigenvalue weighted by atomic mass is 19.1. The zero-order valence-electron chi connectivity index (χ0n) is 7.10. The molecule has 0 saturated carbocycles. The van der Waals surface area contributed by atoms with Gasteiger partial charge in [0.1, 0.15) is 6.17 Å². The molecule has 0 bridgehead atoms. The number of nitrogens with two attached hydrogens (primary N) is 1. The van der Waals surface area contributed by atoms with Gasteiger partial charge in [0, 0.05) is 0 Å². The molecule has 0 aliphatic carbocycles. The molecule has 0 aromatic rings. The lowest BCUT2D eigenvalue weighted by atomic mass is 9.93. The second-order valence-corrected chi connectivity index (χ2v) is 3.04. The van der Waals surface area contributed by atoms with Crippen LogP contribution in [0, 0.1) is 11.8 Å². The Labute approximate surface area is 62.8 Å². The summed E-state index contributed by atoms with van der Waals surface area (Å²) in [6.07, 6.45) is 0.167. The van der Waals surface area contributed by atoms with Gasteiger partial charge in [-0.3, -0.25) is 0 Å². The molecule has 3 atom stereocenters. The minimum atomic E-state index is -0.727. The van der Waals surface area contributed by atoms with E-state index in [0.717, 1.165) is 6.42 Å². The molecule has 0 aromatic carbocycles. The monoisotopic (exact) mass is 147 g/mol. The van der Waals surface area contributed by atoms with Crippen molar-refractivity contribution in [3.05, 3.63) is 0 Å². The SMILES string of the molecule is CCC(C)C(F)C(C)CN. The van der Waals surface area contributed by atoms with Crippen molar-refractivity contribution in [3.8, 4) is 0 Å². The van der Waals surface area contributed by atoms with Crippen molar-refractivity contribution in [1.29, 1.82) is 0 Å².